The second-order valence-electron chi connectivity index (χ2n) is 9.22. The number of carbonyl (C=O) groups excluding carboxylic acids is 2. The van der Waals surface area contributed by atoms with E-state index < -0.39 is 11.7 Å². The third-order valence-electron chi connectivity index (χ3n) is 6.97. The number of hydrogen-bond donors (Lipinski definition) is 1. The summed E-state index contributed by atoms with van der Waals surface area (Å²) in [5.41, 5.74) is 2.43. The highest BCUT2D eigenvalue weighted by Crippen LogP contribution is 2.37. The van der Waals surface area contributed by atoms with Gasteiger partial charge in [0.05, 0.1) is 35.8 Å². The number of halogens is 1. The lowest BCUT2D eigenvalue weighted by Crippen LogP contribution is -2.36. The molecule has 11 heteroatoms. The van der Waals surface area contributed by atoms with Gasteiger partial charge in [0.1, 0.15) is 17.3 Å². The molecule has 5 rings (SSSR count). The largest absolute Gasteiger partial charge is 0.496 e. The van der Waals surface area contributed by atoms with Crippen LogP contribution in [0.15, 0.2) is 48.8 Å². The minimum Gasteiger partial charge on any atom is -0.496 e. The highest BCUT2D eigenvalue weighted by atomic mass is 19.1. The van der Waals surface area contributed by atoms with E-state index in [4.69, 9.17) is 4.74 Å². The summed E-state index contributed by atoms with van der Waals surface area (Å²) in [5.74, 6) is -0.671. The van der Waals surface area contributed by atoms with Crippen molar-refractivity contribution in [2.24, 2.45) is 7.05 Å². The van der Waals surface area contributed by atoms with Crippen molar-refractivity contribution in [2.75, 3.05) is 37.5 Å². The molecule has 196 valence electrons. The number of carbonyl (C=O) groups is 2. The number of methoxy groups -OCH3 is 1. The summed E-state index contributed by atoms with van der Waals surface area (Å²) in [6.07, 6.45) is 3.98. The Hall–Kier alpha value is -4.54. The van der Waals surface area contributed by atoms with Crippen LogP contribution in [0, 0.1) is 5.82 Å². The Balaban J connectivity index is 1.50. The maximum atomic E-state index is 14.6. The molecule has 2 aromatic heterocycles. The smallest absolute Gasteiger partial charge is 0.274 e. The van der Waals surface area contributed by atoms with Crippen LogP contribution >= 0.6 is 0 Å². The number of nitrogens with one attached hydrogen (secondary N) is 1. The van der Waals surface area contributed by atoms with Gasteiger partial charge in [0.25, 0.3) is 5.91 Å². The molecule has 2 amide bonds. The van der Waals surface area contributed by atoms with E-state index in [1.54, 1.807) is 23.9 Å². The van der Waals surface area contributed by atoms with Crippen molar-refractivity contribution < 1.29 is 18.7 Å². The van der Waals surface area contributed by atoms with Crippen molar-refractivity contribution in [3.05, 3.63) is 60.3 Å². The van der Waals surface area contributed by atoms with Crippen molar-refractivity contribution in [1.82, 2.24) is 24.6 Å². The molecule has 1 fully saturated rings. The second-order valence-corrected chi connectivity index (χ2v) is 9.22. The maximum Gasteiger partial charge on any atom is 0.274 e. The third kappa shape index (κ3) is 4.51. The molecule has 1 atom stereocenters. The number of aryl methyl sites for hydroxylation is 1. The second kappa shape index (κ2) is 10.1. The molecular formula is C27H28FN7O3. The molecule has 0 aliphatic carbocycles. The van der Waals surface area contributed by atoms with Crippen LogP contribution in [0.1, 0.15) is 23.8 Å². The van der Waals surface area contributed by atoms with Gasteiger partial charge in [0.15, 0.2) is 5.82 Å². The van der Waals surface area contributed by atoms with Crippen LogP contribution in [0.4, 0.5) is 15.8 Å². The van der Waals surface area contributed by atoms with E-state index in [-0.39, 0.29) is 34.8 Å². The van der Waals surface area contributed by atoms with Crippen LogP contribution < -0.4 is 15.0 Å². The van der Waals surface area contributed by atoms with Gasteiger partial charge in [-0.3, -0.25) is 14.3 Å². The van der Waals surface area contributed by atoms with Crippen LogP contribution in [0.2, 0.25) is 0 Å². The first-order valence-corrected chi connectivity index (χ1v) is 12.2. The zero-order valence-corrected chi connectivity index (χ0v) is 21.6. The predicted molar refractivity (Wildman–Crippen MR) is 142 cm³/mol. The quantitative estimate of drug-likeness (QED) is 0.417. The summed E-state index contributed by atoms with van der Waals surface area (Å²) in [5, 5.41) is 8.25. The molecular weight excluding hydrogens is 489 g/mol. The zero-order chi connectivity index (χ0) is 27.0. The van der Waals surface area contributed by atoms with Gasteiger partial charge >= 0.3 is 0 Å². The van der Waals surface area contributed by atoms with Crippen LogP contribution in [-0.2, 0) is 11.8 Å². The van der Waals surface area contributed by atoms with E-state index in [9.17, 15) is 14.0 Å². The van der Waals surface area contributed by atoms with Gasteiger partial charge < -0.3 is 19.9 Å². The molecule has 0 unspecified atom stereocenters. The number of rotatable bonds is 6. The molecule has 0 spiro atoms. The molecule has 0 saturated carbocycles. The lowest BCUT2D eigenvalue weighted by molar-refractivity contribution is -0.127. The average molecular weight is 518 g/mol. The SMILES string of the molecule is COc1cccc(F)c1-c1nccc(C(=O)Nc2ccc3c(cnn3C)c2N(C)[C@H]2CCN(C(C)=O)C2)n1. The number of nitrogens with zero attached hydrogens (tertiary/aromatic N) is 6. The Morgan fingerprint density at radius 1 is 1.21 bits per heavy atom. The van der Waals surface area contributed by atoms with Gasteiger partial charge in [0.2, 0.25) is 5.91 Å². The summed E-state index contributed by atoms with van der Waals surface area (Å²) >= 11 is 0. The molecule has 10 nitrogen and oxygen atoms in total. The standard InChI is InChI=1S/C27H28FN7O3/c1-16(36)35-13-11-17(15-35)33(2)25-18-14-30-34(3)22(18)9-8-20(25)32-27(37)21-10-12-29-26(31-21)24-19(28)6-5-7-23(24)38-4/h5-10,12,14,17H,11,13,15H2,1-4H3,(H,32,37)/t17-/m0/s1. The molecule has 3 heterocycles. The zero-order valence-electron chi connectivity index (χ0n) is 21.6. The number of benzene rings is 2. The predicted octanol–water partition coefficient (Wildman–Crippen LogP) is 3.49. The summed E-state index contributed by atoms with van der Waals surface area (Å²) in [6, 6.07) is 9.68. The fourth-order valence-corrected chi connectivity index (χ4v) is 4.90. The lowest BCUT2D eigenvalue weighted by atomic mass is 10.1. The molecule has 1 N–H and O–H groups in total. The van der Waals surface area contributed by atoms with Gasteiger partial charge in [-0.1, -0.05) is 6.07 Å². The van der Waals surface area contributed by atoms with E-state index in [1.165, 1.54) is 31.5 Å². The number of aromatic nitrogens is 4. The van der Waals surface area contributed by atoms with Crippen molar-refractivity contribution in [1.29, 1.82) is 0 Å². The van der Waals surface area contributed by atoms with Crippen LogP contribution in [0.25, 0.3) is 22.3 Å². The highest BCUT2D eigenvalue weighted by molar-refractivity contribution is 6.09. The Morgan fingerprint density at radius 3 is 2.76 bits per heavy atom. The number of ether oxygens (including phenoxy) is 1. The Labute approximate surface area is 219 Å². The molecule has 1 saturated heterocycles. The Kier molecular flexibility index (Phi) is 6.66. The first kappa shape index (κ1) is 25.1. The van der Waals surface area contributed by atoms with E-state index in [0.29, 0.717) is 18.8 Å². The van der Waals surface area contributed by atoms with Crippen molar-refractivity contribution >= 4 is 34.1 Å². The first-order valence-electron chi connectivity index (χ1n) is 12.2. The number of amides is 2. The maximum absolute atomic E-state index is 14.6. The number of likely N-dealkylation sites (tertiary alicyclic amines) is 1. The molecule has 1 aliphatic heterocycles. The molecule has 1 aliphatic rings. The molecule has 38 heavy (non-hydrogen) atoms. The van der Waals surface area contributed by atoms with Gasteiger partial charge in [-0.25, -0.2) is 14.4 Å². The van der Waals surface area contributed by atoms with Gasteiger partial charge in [-0.2, -0.15) is 5.10 Å². The highest BCUT2D eigenvalue weighted by Gasteiger charge is 2.30. The Morgan fingerprint density at radius 2 is 2.03 bits per heavy atom. The van der Waals surface area contributed by atoms with Crippen LogP contribution in [-0.4, -0.2) is 69.8 Å². The minimum atomic E-state index is -0.552. The summed E-state index contributed by atoms with van der Waals surface area (Å²) < 4.78 is 21.7. The molecule has 0 radical (unpaired) electrons. The first-order chi connectivity index (χ1) is 18.3. The number of likely N-dealkylation sites (N-methyl/N-ethyl adjacent to an activating group) is 1. The van der Waals surface area contributed by atoms with Crippen molar-refractivity contribution in [2.45, 2.75) is 19.4 Å². The van der Waals surface area contributed by atoms with E-state index in [0.717, 1.165) is 23.0 Å². The molecule has 4 aromatic rings. The Bertz CT molecular complexity index is 1540. The van der Waals surface area contributed by atoms with E-state index >= 15 is 0 Å². The normalized spacial score (nSPS) is 15.1. The van der Waals surface area contributed by atoms with Crippen LogP contribution in [0.5, 0.6) is 5.75 Å². The fraction of sp³-hybridized carbons (Fsp3) is 0.296. The van der Waals surface area contributed by atoms with Crippen molar-refractivity contribution in [3.8, 4) is 17.1 Å². The molecule has 0 bridgehead atoms. The van der Waals surface area contributed by atoms with Crippen molar-refractivity contribution in [3.63, 3.8) is 0 Å². The number of anilines is 2. The topological polar surface area (TPSA) is 105 Å². The van der Waals surface area contributed by atoms with E-state index in [1.807, 2.05) is 31.1 Å². The summed E-state index contributed by atoms with van der Waals surface area (Å²) in [6.45, 7) is 2.84. The molecule has 2 aromatic carbocycles. The minimum absolute atomic E-state index is 0.0417. The fourth-order valence-electron chi connectivity index (χ4n) is 4.90. The monoisotopic (exact) mass is 517 g/mol. The summed E-state index contributed by atoms with van der Waals surface area (Å²) in [7, 11) is 5.25. The van der Waals surface area contributed by atoms with E-state index in [2.05, 4.69) is 25.3 Å². The van der Waals surface area contributed by atoms with Gasteiger partial charge in [-0.15, -0.1) is 0 Å². The number of hydrogen-bond acceptors (Lipinski definition) is 7. The number of fused-ring (bicyclic) bond motifs is 1. The lowest BCUT2D eigenvalue weighted by Gasteiger charge is -2.29. The third-order valence-corrected chi connectivity index (χ3v) is 6.97. The van der Waals surface area contributed by atoms with Gasteiger partial charge in [0, 0.05) is 51.7 Å². The van der Waals surface area contributed by atoms with Gasteiger partial charge in [-0.05, 0) is 36.8 Å². The summed E-state index contributed by atoms with van der Waals surface area (Å²) in [4.78, 5) is 37.7. The van der Waals surface area contributed by atoms with Crippen LogP contribution in [0.3, 0.4) is 0 Å². The average Bonchev–Trinajstić information content (AvgIpc) is 3.56.